The number of hydrogen-bond donors (Lipinski definition) is 1. The second-order valence-electron chi connectivity index (χ2n) is 5.14. The first-order valence-corrected chi connectivity index (χ1v) is 8.52. The van der Waals surface area contributed by atoms with Crippen molar-refractivity contribution in [2.45, 2.75) is 38.6 Å². The average molecular weight is 498 g/mol. The molecular formula is C14H16I2N2O2. The summed E-state index contributed by atoms with van der Waals surface area (Å²) in [4.78, 5) is 23.1. The number of amides is 2. The molecule has 0 aliphatic carbocycles. The maximum atomic E-state index is 11.9. The Morgan fingerprint density at radius 2 is 2.05 bits per heavy atom. The van der Waals surface area contributed by atoms with E-state index in [2.05, 4.69) is 76.8 Å². The Hall–Kier alpha value is -0.380. The molecule has 1 aliphatic heterocycles. The minimum atomic E-state index is -0.285. The van der Waals surface area contributed by atoms with Crippen LogP contribution in [-0.4, -0.2) is 17.9 Å². The van der Waals surface area contributed by atoms with Crippen LogP contribution in [0.25, 0.3) is 0 Å². The molecule has 0 aromatic heterocycles. The van der Waals surface area contributed by atoms with Crippen molar-refractivity contribution < 1.29 is 9.59 Å². The highest BCUT2D eigenvalue weighted by Gasteiger charge is 2.31. The van der Waals surface area contributed by atoms with Crippen LogP contribution in [0.2, 0.25) is 0 Å². The molecule has 1 unspecified atom stereocenters. The van der Waals surface area contributed by atoms with E-state index in [1.54, 1.807) is 0 Å². The number of carbonyl (C=O) groups is 2. The molecule has 1 aromatic carbocycles. The minimum Gasteiger partial charge on any atom is -0.301 e. The summed E-state index contributed by atoms with van der Waals surface area (Å²) in [5, 5.41) is 2.40. The molecular weight excluding hydrogens is 482 g/mol. The van der Waals surface area contributed by atoms with Gasteiger partial charge in [0.15, 0.2) is 0 Å². The number of carbonyl (C=O) groups excluding carboxylic acids is 2. The lowest BCUT2D eigenvalue weighted by atomic mass is 10.0. The van der Waals surface area contributed by atoms with Gasteiger partial charge in [-0.3, -0.25) is 14.9 Å². The topological polar surface area (TPSA) is 49.4 Å². The van der Waals surface area contributed by atoms with Crippen LogP contribution in [0.3, 0.4) is 0 Å². The summed E-state index contributed by atoms with van der Waals surface area (Å²) in [7, 11) is 0. The van der Waals surface area contributed by atoms with Gasteiger partial charge in [0.1, 0.15) is 6.04 Å². The van der Waals surface area contributed by atoms with Gasteiger partial charge in [-0.1, -0.05) is 19.9 Å². The molecule has 1 atom stereocenters. The van der Waals surface area contributed by atoms with Gasteiger partial charge < -0.3 is 3.11 Å². The Morgan fingerprint density at radius 3 is 2.60 bits per heavy atom. The number of rotatable bonds is 3. The molecule has 0 bridgehead atoms. The summed E-state index contributed by atoms with van der Waals surface area (Å²) >= 11 is 4.46. The second kappa shape index (κ2) is 6.59. The molecule has 0 spiro atoms. The molecule has 6 heteroatoms. The van der Waals surface area contributed by atoms with E-state index >= 15 is 0 Å². The molecule has 1 heterocycles. The third-order valence-electron chi connectivity index (χ3n) is 3.35. The first-order valence-electron chi connectivity index (χ1n) is 6.48. The standard InChI is InChI=1S/C14H16I2N2O2/c1-8(2)9-3-4-11(10(15)7-9)18(16)12-5-6-13(19)17-14(12)20/h3-4,7-8,12H,5-6H2,1-2H3,(H,17,19,20). The van der Waals surface area contributed by atoms with Crippen molar-refractivity contribution in [1.29, 1.82) is 0 Å². The molecule has 1 aromatic rings. The molecule has 108 valence electrons. The lowest BCUT2D eigenvalue weighted by molar-refractivity contribution is -0.133. The lowest BCUT2D eigenvalue weighted by Gasteiger charge is -2.30. The fraction of sp³-hybridized carbons (Fsp3) is 0.429. The number of anilines is 1. The van der Waals surface area contributed by atoms with E-state index in [0.29, 0.717) is 18.8 Å². The van der Waals surface area contributed by atoms with Crippen molar-refractivity contribution in [3.63, 3.8) is 0 Å². The highest BCUT2D eigenvalue weighted by Crippen LogP contribution is 2.32. The maximum absolute atomic E-state index is 11.9. The summed E-state index contributed by atoms with van der Waals surface area (Å²) in [5.41, 5.74) is 2.30. The molecule has 1 N–H and O–H groups in total. The SMILES string of the molecule is CC(C)c1ccc(N(I)C2CCC(=O)NC2=O)c(I)c1. The van der Waals surface area contributed by atoms with E-state index in [1.165, 1.54) is 5.56 Å². The minimum absolute atomic E-state index is 0.180. The summed E-state index contributed by atoms with van der Waals surface area (Å²) in [5.74, 6) is 0.0936. The smallest absolute Gasteiger partial charge is 0.250 e. The molecule has 2 rings (SSSR count). The number of nitrogens with zero attached hydrogens (tertiary/aromatic N) is 1. The summed E-state index contributed by atoms with van der Waals surface area (Å²) in [6, 6.07) is 6.01. The molecule has 1 aliphatic rings. The average Bonchev–Trinajstić information content (AvgIpc) is 2.37. The number of piperidine rings is 1. The van der Waals surface area contributed by atoms with E-state index in [-0.39, 0.29) is 17.9 Å². The number of benzene rings is 1. The van der Waals surface area contributed by atoms with Crippen LogP contribution in [0.1, 0.15) is 38.2 Å². The van der Waals surface area contributed by atoms with Crippen LogP contribution in [0.5, 0.6) is 0 Å². The van der Waals surface area contributed by atoms with Crippen molar-refractivity contribution in [3.8, 4) is 0 Å². The van der Waals surface area contributed by atoms with Gasteiger partial charge in [-0.15, -0.1) is 0 Å². The van der Waals surface area contributed by atoms with E-state index in [0.717, 1.165) is 9.26 Å². The summed E-state index contributed by atoms with van der Waals surface area (Å²) in [6.45, 7) is 4.32. The molecule has 2 amide bonds. The van der Waals surface area contributed by atoms with Gasteiger partial charge >= 0.3 is 0 Å². The van der Waals surface area contributed by atoms with Gasteiger partial charge in [0.25, 0.3) is 0 Å². The largest absolute Gasteiger partial charge is 0.301 e. The predicted octanol–water partition coefficient (Wildman–Crippen LogP) is 3.38. The number of hydrogen-bond acceptors (Lipinski definition) is 3. The van der Waals surface area contributed by atoms with Gasteiger partial charge in [-0.2, -0.15) is 0 Å². The zero-order valence-corrected chi connectivity index (χ0v) is 15.6. The number of nitrogens with one attached hydrogen (secondary N) is 1. The summed E-state index contributed by atoms with van der Waals surface area (Å²) in [6.07, 6.45) is 0.964. The van der Waals surface area contributed by atoms with E-state index in [1.807, 2.05) is 9.18 Å². The lowest BCUT2D eigenvalue weighted by Crippen LogP contribution is -2.49. The van der Waals surface area contributed by atoms with Crippen molar-refractivity contribution in [3.05, 3.63) is 27.3 Å². The Morgan fingerprint density at radius 1 is 1.35 bits per heavy atom. The zero-order chi connectivity index (χ0) is 14.9. The fourth-order valence-corrected chi connectivity index (χ4v) is 4.33. The van der Waals surface area contributed by atoms with Crippen LogP contribution in [0, 0.1) is 3.57 Å². The van der Waals surface area contributed by atoms with Gasteiger partial charge in [-0.25, -0.2) is 0 Å². The highest BCUT2D eigenvalue weighted by atomic mass is 127. The Kier molecular flexibility index (Phi) is 5.27. The Bertz CT molecular complexity index is 546. The van der Waals surface area contributed by atoms with Crippen LogP contribution in [0.4, 0.5) is 5.69 Å². The molecule has 0 saturated carbocycles. The van der Waals surface area contributed by atoms with Gasteiger partial charge in [0, 0.05) is 9.99 Å². The van der Waals surface area contributed by atoms with Crippen LogP contribution < -0.4 is 8.43 Å². The normalized spacial score (nSPS) is 19.1. The fourth-order valence-electron chi connectivity index (χ4n) is 2.12. The molecule has 20 heavy (non-hydrogen) atoms. The van der Waals surface area contributed by atoms with Crippen molar-refractivity contribution >= 4 is 63.0 Å². The third-order valence-corrected chi connectivity index (χ3v) is 5.41. The highest BCUT2D eigenvalue weighted by molar-refractivity contribution is 14.1. The first-order chi connectivity index (χ1) is 9.40. The van der Waals surface area contributed by atoms with Crippen LogP contribution >= 0.6 is 45.5 Å². The van der Waals surface area contributed by atoms with Crippen LogP contribution in [0.15, 0.2) is 18.2 Å². The molecule has 0 radical (unpaired) electrons. The zero-order valence-electron chi connectivity index (χ0n) is 11.3. The van der Waals surface area contributed by atoms with E-state index < -0.39 is 0 Å². The van der Waals surface area contributed by atoms with Crippen molar-refractivity contribution in [2.75, 3.05) is 3.11 Å². The van der Waals surface area contributed by atoms with Crippen LogP contribution in [-0.2, 0) is 9.59 Å². The van der Waals surface area contributed by atoms with Gasteiger partial charge in [0.2, 0.25) is 11.8 Å². The Labute approximate surface area is 146 Å². The molecule has 1 fully saturated rings. The predicted molar refractivity (Wildman–Crippen MR) is 95.9 cm³/mol. The quantitative estimate of drug-likeness (QED) is 0.395. The molecule has 4 nitrogen and oxygen atoms in total. The van der Waals surface area contributed by atoms with E-state index in [9.17, 15) is 9.59 Å². The number of imide groups is 1. The van der Waals surface area contributed by atoms with Crippen molar-refractivity contribution in [1.82, 2.24) is 5.32 Å². The maximum Gasteiger partial charge on any atom is 0.250 e. The Balaban J connectivity index is 2.23. The van der Waals surface area contributed by atoms with Gasteiger partial charge in [0.05, 0.1) is 28.6 Å². The first kappa shape index (κ1) is 16.0. The van der Waals surface area contributed by atoms with Gasteiger partial charge in [-0.05, 0) is 52.6 Å². The van der Waals surface area contributed by atoms with E-state index in [4.69, 9.17) is 0 Å². The van der Waals surface area contributed by atoms with Crippen molar-refractivity contribution in [2.24, 2.45) is 0 Å². The number of halogens is 2. The summed E-state index contributed by atoms with van der Waals surface area (Å²) < 4.78 is 3.05. The monoisotopic (exact) mass is 498 g/mol. The second-order valence-corrected chi connectivity index (χ2v) is 7.35. The molecule has 1 saturated heterocycles. The third kappa shape index (κ3) is 3.44.